The van der Waals surface area contributed by atoms with E-state index in [4.69, 9.17) is 10.5 Å². The Hall–Kier alpha value is -0.930. The molecule has 0 saturated heterocycles. The highest BCUT2D eigenvalue weighted by Crippen LogP contribution is 2.37. The number of rotatable bonds is 4. The van der Waals surface area contributed by atoms with Crippen molar-refractivity contribution in [1.82, 2.24) is 4.98 Å². The molecule has 1 aliphatic carbocycles. The van der Waals surface area contributed by atoms with Crippen LogP contribution in [0.1, 0.15) is 51.3 Å². The van der Waals surface area contributed by atoms with Gasteiger partial charge in [0.2, 0.25) is 0 Å². The second-order valence-electron chi connectivity index (χ2n) is 5.98. The average Bonchev–Trinajstić information content (AvgIpc) is 2.39. The van der Waals surface area contributed by atoms with Gasteiger partial charge in [-0.3, -0.25) is 4.98 Å². The number of nitrogens with two attached hydrogens (primary N) is 1. The maximum Gasteiger partial charge on any atom is 0.112 e. The summed E-state index contributed by atoms with van der Waals surface area (Å²) in [5, 5.41) is 0. The SMILES string of the molecule is CC1(C)CCC(OC(CN)c2ccccn2)CC1. The van der Waals surface area contributed by atoms with Crippen molar-refractivity contribution in [3.8, 4) is 0 Å². The van der Waals surface area contributed by atoms with E-state index in [0.29, 0.717) is 18.1 Å². The molecular weight excluding hydrogens is 224 g/mol. The molecule has 1 aromatic heterocycles. The van der Waals surface area contributed by atoms with E-state index >= 15 is 0 Å². The molecule has 2 rings (SSSR count). The number of ether oxygens (including phenoxy) is 1. The van der Waals surface area contributed by atoms with E-state index in [9.17, 15) is 0 Å². The fourth-order valence-electron chi connectivity index (χ4n) is 2.55. The molecule has 0 bridgehead atoms. The number of aromatic nitrogens is 1. The molecule has 0 aromatic carbocycles. The second kappa shape index (κ2) is 5.81. The Morgan fingerprint density at radius 1 is 1.39 bits per heavy atom. The van der Waals surface area contributed by atoms with Crippen LogP contribution in [-0.4, -0.2) is 17.6 Å². The minimum Gasteiger partial charge on any atom is -0.367 e. The Balaban J connectivity index is 1.92. The van der Waals surface area contributed by atoms with Gasteiger partial charge in [-0.05, 0) is 43.2 Å². The topological polar surface area (TPSA) is 48.1 Å². The van der Waals surface area contributed by atoms with Crippen LogP contribution in [0.3, 0.4) is 0 Å². The summed E-state index contributed by atoms with van der Waals surface area (Å²) in [6.45, 7) is 5.17. The van der Waals surface area contributed by atoms with Gasteiger partial charge in [-0.15, -0.1) is 0 Å². The Morgan fingerprint density at radius 2 is 2.11 bits per heavy atom. The summed E-state index contributed by atoms with van der Waals surface area (Å²) in [7, 11) is 0. The summed E-state index contributed by atoms with van der Waals surface area (Å²) in [4.78, 5) is 4.34. The zero-order valence-electron chi connectivity index (χ0n) is 11.4. The minimum atomic E-state index is -0.0580. The van der Waals surface area contributed by atoms with Crippen molar-refractivity contribution in [1.29, 1.82) is 0 Å². The molecule has 1 unspecified atom stereocenters. The average molecular weight is 248 g/mol. The lowest BCUT2D eigenvalue weighted by atomic mass is 9.76. The van der Waals surface area contributed by atoms with Gasteiger partial charge < -0.3 is 10.5 Å². The van der Waals surface area contributed by atoms with Gasteiger partial charge in [-0.1, -0.05) is 19.9 Å². The van der Waals surface area contributed by atoms with Gasteiger partial charge in [0.25, 0.3) is 0 Å². The molecule has 0 amide bonds. The van der Waals surface area contributed by atoms with Gasteiger partial charge in [-0.25, -0.2) is 0 Å². The van der Waals surface area contributed by atoms with Gasteiger partial charge in [-0.2, -0.15) is 0 Å². The molecule has 18 heavy (non-hydrogen) atoms. The summed E-state index contributed by atoms with van der Waals surface area (Å²) < 4.78 is 6.13. The largest absolute Gasteiger partial charge is 0.367 e. The van der Waals surface area contributed by atoms with Crippen LogP contribution in [0.15, 0.2) is 24.4 Å². The fourth-order valence-corrected chi connectivity index (χ4v) is 2.55. The highest BCUT2D eigenvalue weighted by atomic mass is 16.5. The van der Waals surface area contributed by atoms with Crippen LogP contribution in [-0.2, 0) is 4.74 Å². The molecule has 1 saturated carbocycles. The van der Waals surface area contributed by atoms with Crippen molar-refractivity contribution in [2.75, 3.05) is 6.54 Å². The zero-order valence-corrected chi connectivity index (χ0v) is 11.4. The Morgan fingerprint density at radius 3 is 2.67 bits per heavy atom. The van der Waals surface area contributed by atoms with Crippen molar-refractivity contribution in [2.24, 2.45) is 11.1 Å². The monoisotopic (exact) mass is 248 g/mol. The van der Waals surface area contributed by atoms with Gasteiger partial charge >= 0.3 is 0 Å². The van der Waals surface area contributed by atoms with E-state index in [0.717, 1.165) is 18.5 Å². The van der Waals surface area contributed by atoms with Gasteiger partial charge in [0.05, 0.1) is 11.8 Å². The van der Waals surface area contributed by atoms with Gasteiger partial charge in [0, 0.05) is 12.7 Å². The highest BCUT2D eigenvalue weighted by Gasteiger charge is 2.29. The third kappa shape index (κ3) is 3.53. The summed E-state index contributed by atoms with van der Waals surface area (Å²) in [5.41, 5.74) is 7.23. The van der Waals surface area contributed by atoms with E-state index < -0.39 is 0 Å². The minimum absolute atomic E-state index is 0.0580. The van der Waals surface area contributed by atoms with Crippen LogP contribution in [0.4, 0.5) is 0 Å². The second-order valence-corrected chi connectivity index (χ2v) is 5.98. The van der Waals surface area contributed by atoms with E-state index in [1.807, 2.05) is 18.2 Å². The fraction of sp³-hybridized carbons (Fsp3) is 0.667. The van der Waals surface area contributed by atoms with Crippen molar-refractivity contribution in [3.63, 3.8) is 0 Å². The van der Waals surface area contributed by atoms with Crippen molar-refractivity contribution < 1.29 is 4.74 Å². The molecule has 3 nitrogen and oxygen atoms in total. The van der Waals surface area contributed by atoms with E-state index in [1.165, 1.54) is 12.8 Å². The third-order valence-corrected chi connectivity index (χ3v) is 3.87. The number of hydrogen-bond acceptors (Lipinski definition) is 3. The third-order valence-electron chi connectivity index (χ3n) is 3.87. The van der Waals surface area contributed by atoms with Crippen LogP contribution in [0.5, 0.6) is 0 Å². The summed E-state index contributed by atoms with van der Waals surface area (Å²) >= 11 is 0. The molecule has 1 aromatic rings. The molecule has 1 atom stereocenters. The number of hydrogen-bond donors (Lipinski definition) is 1. The maximum absolute atomic E-state index is 6.13. The normalized spacial score (nSPS) is 21.7. The smallest absolute Gasteiger partial charge is 0.112 e. The highest BCUT2D eigenvalue weighted by molar-refractivity contribution is 5.07. The Bertz CT molecular complexity index is 354. The number of pyridine rings is 1. The van der Waals surface area contributed by atoms with Crippen molar-refractivity contribution in [2.45, 2.75) is 51.7 Å². The lowest BCUT2D eigenvalue weighted by molar-refractivity contribution is -0.0445. The van der Waals surface area contributed by atoms with Crippen LogP contribution in [0.2, 0.25) is 0 Å². The van der Waals surface area contributed by atoms with Crippen molar-refractivity contribution >= 4 is 0 Å². The first-order valence-corrected chi connectivity index (χ1v) is 6.87. The summed E-state index contributed by atoms with van der Waals surface area (Å²) in [6.07, 6.45) is 6.82. The van der Waals surface area contributed by atoms with Crippen LogP contribution >= 0.6 is 0 Å². The molecule has 2 N–H and O–H groups in total. The van der Waals surface area contributed by atoms with Crippen LogP contribution in [0, 0.1) is 5.41 Å². The molecule has 0 radical (unpaired) electrons. The van der Waals surface area contributed by atoms with E-state index in [-0.39, 0.29) is 6.10 Å². The first-order chi connectivity index (χ1) is 8.61. The molecule has 1 heterocycles. The van der Waals surface area contributed by atoms with Crippen LogP contribution in [0.25, 0.3) is 0 Å². The van der Waals surface area contributed by atoms with E-state index in [2.05, 4.69) is 18.8 Å². The summed E-state index contributed by atoms with van der Waals surface area (Å²) in [6, 6.07) is 5.89. The molecule has 100 valence electrons. The predicted molar refractivity (Wildman–Crippen MR) is 73.2 cm³/mol. The Kier molecular flexibility index (Phi) is 4.36. The first kappa shape index (κ1) is 13.5. The van der Waals surface area contributed by atoms with Gasteiger partial charge in [0.1, 0.15) is 6.10 Å². The van der Waals surface area contributed by atoms with Crippen LogP contribution < -0.4 is 5.73 Å². The Labute approximate surface area is 110 Å². The lowest BCUT2D eigenvalue weighted by Gasteiger charge is -2.35. The molecule has 0 aliphatic heterocycles. The van der Waals surface area contributed by atoms with E-state index in [1.54, 1.807) is 6.20 Å². The zero-order chi connectivity index (χ0) is 13.0. The van der Waals surface area contributed by atoms with Crippen molar-refractivity contribution in [3.05, 3.63) is 30.1 Å². The molecule has 3 heteroatoms. The quantitative estimate of drug-likeness (QED) is 0.890. The molecule has 1 fully saturated rings. The predicted octanol–water partition coefficient (Wildman–Crippen LogP) is 3.07. The van der Waals surface area contributed by atoms with Gasteiger partial charge in [0.15, 0.2) is 0 Å². The summed E-state index contributed by atoms with van der Waals surface area (Å²) in [5.74, 6) is 0. The standard InChI is InChI=1S/C15H24N2O/c1-15(2)8-6-12(7-9-15)18-14(11-16)13-5-3-4-10-17-13/h3-5,10,12,14H,6-9,11,16H2,1-2H3. The first-order valence-electron chi connectivity index (χ1n) is 6.87. The maximum atomic E-state index is 6.13. The lowest BCUT2D eigenvalue weighted by Crippen LogP contribution is -2.30. The molecule has 0 spiro atoms. The molecular formula is C15H24N2O. The molecule has 1 aliphatic rings. The number of nitrogens with zero attached hydrogens (tertiary/aromatic N) is 1.